The van der Waals surface area contributed by atoms with Crippen LogP contribution in [0.5, 0.6) is 0 Å². The molecule has 1 atom stereocenters. The summed E-state index contributed by atoms with van der Waals surface area (Å²) in [5.41, 5.74) is 0.00375. The van der Waals surface area contributed by atoms with Gasteiger partial charge >= 0.3 is 5.97 Å². The first-order valence-corrected chi connectivity index (χ1v) is 10.0. The fraction of sp³-hybridized carbons (Fsp3) is 0.227. The number of para-hydroxylation sites is 2. The minimum atomic E-state index is -1.12. The molecule has 1 aliphatic rings. The Morgan fingerprint density at radius 2 is 1.79 bits per heavy atom. The zero-order chi connectivity index (χ0) is 20.8. The van der Waals surface area contributed by atoms with Crippen molar-refractivity contribution in [3.05, 3.63) is 59.5 Å². The van der Waals surface area contributed by atoms with E-state index in [1.807, 2.05) is 24.3 Å². The van der Waals surface area contributed by atoms with Gasteiger partial charge in [0, 0.05) is 4.70 Å². The van der Waals surface area contributed by atoms with Crippen molar-refractivity contribution < 1.29 is 19.1 Å². The van der Waals surface area contributed by atoms with Gasteiger partial charge in [-0.05, 0) is 50.4 Å². The minimum Gasteiger partial charge on any atom is -0.448 e. The summed E-state index contributed by atoms with van der Waals surface area (Å²) < 4.78 is 6.45. The number of anilines is 2. The van der Waals surface area contributed by atoms with Gasteiger partial charge in [-0.3, -0.25) is 14.5 Å². The van der Waals surface area contributed by atoms with Crippen LogP contribution in [0.25, 0.3) is 10.1 Å². The molecule has 2 heterocycles. The van der Waals surface area contributed by atoms with E-state index in [0.717, 1.165) is 10.1 Å². The third-order valence-electron chi connectivity index (χ3n) is 4.99. The molecule has 7 heteroatoms. The van der Waals surface area contributed by atoms with Gasteiger partial charge in [0.1, 0.15) is 10.4 Å². The molecule has 1 N–H and O–H groups in total. The molecule has 0 bridgehead atoms. The minimum absolute atomic E-state index is 0.299. The third kappa shape index (κ3) is 3.27. The van der Waals surface area contributed by atoms with Crippen molar-refractivity contribution >= 4 is 50.6 Å². The number of thiophene rings is 1. The Labute approximate surface area is 172 Å². The van der Waals surface area contributed by atoms with Crippen LogP contribution in [0.1, 0.15) is 30.4 Å². The molecule has 0 saturated carbocycles. The van der Waals surface area contributed by atoms with Crippen molar-refractivity contribution in [3.63, 3.8) is 0 Å². The Kier molecular flexibility index (Phi) is 4.62. The first-order valence-electron chi connectivity index (χ1n) is 9.23. The predicted molar refractivity (Wildman–Crippen MR) is 113 cm³/mol. The molecule has 1 aromatic heterocycles. The lowest BCUT2D eigenvalue weighted by Gasteiger charge is -2.42. The van der Waals surface area contributed by atoms with Crippen LogP contribution < -0.4 is 10.2 Å². The summed E-state index contributed by atoms with van der Waals surface area (Å²) in [6, 6.07) is 16.5. The van der Waals surface area contributed by atoms with Crippen molar-refractivity contribution in [2.24, 2.45) is 0 Å². The zero-order valence-corrected chi connectivity index (χ0v) is 17.1. The Morgan fingerprint density at radius 1 is 1.10 bits per heavy atom. The maximum Gasteiger partial charge on any atom is 0.349 e. The topological polar surface area (TPSA) is 75.7 Å². The molecular formula is C22H20N2O4S. The molecule has 0 saturated heterocycles. The normalized spacial score (nSPS) is 16.1. The molecule has 4 rings (SSSR count). The van der Waals surface area contributed by atoms with Crippen LogP contribution in [0, 0.1) is 0 Å². The predicted octanol–water partition coefficient (Wildman–Crippen LogP) is 4.21. The number of hydrogen-bond donors (Lipinski definition) is 1. The van der Waals surface area contributed by atoms with E-state index in [9.17, 15) is 14.4 Å². The average molecular weight is 408 g/mol. The summed E-state index contributed by atoms with van der Waals surface area (Å²) in [7, 11) is 0. The van der Waals surface area contributed by atoms with Crippen molar-refractivity contribution in [1.29, 1.82) is 0 Å². The third-order valence-corrected chi connectivity index (χ3v) is 6.08. The van der Waals surface area contributed by atoms with E-state index < -0.39 is 23.5 Å². The van der Waals surface area contributed by atoms with Gasteiger partial charge in [0.25, 0.3) is 5.91 Å². The lowest BCUT2D eigenvalue weighted by Crippen LogP contribution is -2.60. The molecule has 1 aliphatic heterocycles. The van der Waals surface area contributed by atoms with E-state index in [1.54, 1.807) is 44.2 Å². The highest BCUT2D eigenvalue weighted by molar-refractivity contribution is 7.20. The van der Waals surface area contributed by atoms with Gasteiger partial charge in [-0.1, -0.05) is 30.3 Å². The van der Waals surface area contributed by atoms with E-state index >= 15 is 0 Å². The monoisotopic (exact) mass is 408 g/mol. The van der Waals surface area contributed by atoms with Gasteiger partial charge in [0.05, 0.1) is 11.4 Å². The molecule has 2 amide bonds. The molecule has 0 spiro atoms. The van der Waals surface area contributed by atoms with Gasteiger partial charge in [-0.25, -0.2) is 4.79 Å². The summed E-state index contributed by atoms with van der Waals surface area (Å²) >= 11 is 1.32. The smallest absolute Gasteiger partial charge is 0.349 e. The van der Waals surface area contributed by atoms with E-state index in [0.29, 0.717) is 16.3 Å². The molecule has 2 aromatic carbocycles. The van der Waals surface area contributed by atoms with Gasteiger partial charge < -0.3 is 10.1 Å². The van der Waals surface area contributed by atoms with Crippen LogP contribution in [0.3, 0.4) is 0 Å². The van der Waals surface area contributed by atoms with Gasteiger partial charge in [0.15, 0.2) is 6.10 Å². The largest absolute Gasteiger partial charge is 0.448 e. The highest BCUT2D eigenvalue weighted by Gasteiger charge is 2.45. The quantitative estimate of drug-likeness (QED) is 0.659. The second-order valence-electron chi connectivity index (χ2n) is 7.40. The van der Waals surface area contributed by atoms with Crippen LogP contribution in [0.2, 0.25) is 0 Å². The van der Waals surface area contributed by atoms with Crippen LogP contribution >= 0.6 is 11.3 Å². The van der Waals surface area contributed by atoms with Gasteiger partial charge in [-0.15, -0.1) is 11.3 Å². The number of benzene rings is 2. The number of esters is 1. The molecular weight excluding hydrogens is 388 g/mol. The molecule has 29 heavy (non-hydrogen) atoms. The first-order chi connectivity index (χ1) is 13.8. The lowest BCUT2D eigenvalue weighted by atomic mass is 9.95. The average Bonchev–Trinajstić information content (AvgIpc) is 3.13. The van der Waals surface area contributed by atoms with Crippen molar-refractivity contribution in [3.8, 4) is 0 Å². The highest BCUT2D eigenvalue weighted by atomic mass is 32.1. The number of nitrogens with one attached hydrogen (secondary N) is 1. The summed E-state index contributed by atoms with van der Waals surface area (Å²) in [6.07, 6.45) is -1.05. The number of carbonyl (C=O) groups excluding carboxylic acids is 3. The Hall–Kier alpha value is -3.19. The standard InChI is InChI=1S/C22H20N2O4S/c1-13(28-20(26)18-12-14-8-4-7-11-17(14)29-18)19(25)24-16-10-6-5-9-15(16)23-21(27)22(24,2)3/h4-13H,1-3H3,(H,23,27)/t13-/m0/s1. The SMILES string of the molecule is C[C@H](OC(=O)c1cc2ccccc2s1)C(=O)N1c2ccccc2NC(=O)C1(C)C. The number of nitrogens with zero attached hydrogens (tertiary/aromatic N) is 1. The van der Waals surface area contributed by atoms with Crippen LogP contribution in [0.4, 0.5) is 11.4 Å². The summed E-state index contributed by atoms with van der Waals surface area (Å²) in [4.78, 5) is 40.2. The number of hydrogen-bond acceptors (Lipinski definition) is 5. The second kappa shape index (κ2) is 7.00. The van der Waals surface area contributed by atoms with E-state index in [2.05, 4.69) is 5.32 Å². The van der Waals surface area contributed by atoms with Gasteiger partial charge in [-0.2, -0.15) is 0 Å². The molecule has 6 nitrogen and oxygen atoms in total. The van der Waals surface area contributed by atoms with Crippen molar-refractivity contribution in [1.82, 2.24) is 0 Å². The first kappa shape index (κ1) is 19.1. The number of rotatable bonds is 3. The molecule has 148 valence electrons. The number of amides is 2. The molecule has 0 unspecified atom stereocenters. The lowest BCUT2D eigenvalue weighted by molar-refractivity contribution is -0.131. The Morgan fingerprint density at radius 3 is 2.55 bits per heavy atom. The summed E-state index contributed by atoms with van der Waals surface area (Å²) in [6.45, 7) is 4.85. The molecule has 0 aliphatic carbocycles. The van der Waals surface area contributed by atoms with Crippen molar-refractivity contribution in [2.75, 3.05) is 10.2 Å². The highest BCUT2D eigenvalue weighted by Crippen LogP contribution is 2.37. The van der Waals surface area contributed by atoms with Crippen LogP contribution in [-0.2, 0) is 14.3 Å². The molecule has 3 aromatic rings. The van der Waals surface area contributed by atoms with E-state index in [4.69, 9.17) is 4.74 Å². The van der Waals surface area contributed by atoms with Gasteiger partial charge in [0.2, 0.25) is 5.91 Å². The van der Waals surface area contributed by atoms with E-state index in [1.165, 1.54) is 23.2 Å². The fourth-order valence-corrected chi connectivity index (χ4v) is 4.33. The summed E-state index contributed by atoms with van der Waals surface area (Å²) in [5, 5.41) is 3.77. The van der Waals surface area contributed by atoms with Crippen LogP contribution in [0.15, 0.2) is 54.6 Å². The number of fused-ring (bicyclic) bond motifs is 2. The second-order valence-corrected chi connectivity index (χ2v) is 8.48. The summed E-state index contributed by atoms with van der Waals surface area (Å²) in [5.74, 6) is -1.31. The molecule has 0 fully saturated rings. The Bertz CT molecular complexity index is 1100. The maximum atomic E-state index is 13.2. The number of ether oxygens (including phenoxy) is 1. The zero-order valence-electron chi connectivity index (χ0n) is 16.3. The fourth-order valence-electron chi connectivity index (χ4n) is 3.38. The van der Waals surface area contributed by atoms with Crippen LogP contribution in [-0.4, -0.2) is 29.4 Å². The number of carbonyl (C=O) groups is 3. The molecule has 0 radical (unpaired) electrons. The van der Waals surface area contributed by atoms with Crippen molar-refractivity contribution in [2.45, 2.75) is 32.4 Å². The maximum absolute atomic E-state index is 13.2. The Balaban J connectivity index is 1.60. The van der Waals surface area contributed by atoms with E-state index in [-0.39, 0.29) is 5.91 Å².